The average molecular weight is 367 g/mol. The van der Waals surface area contributed by atoms with Crippen molar-refractivity contribution in [2.45, 2.75) is 27.1 Å². The van der Waals surface area contributed by atoms with E-state index < -0.39 is 6.29 Å². The molecule has 1 atom stereocenters. The van der Waals surface area contributed by atoms with Crippen LogP contribution in [0.5, 0.6) is 0 Å². The number of hydrogen-bond donors (Lipinski definition) is 3. The fourth-order valence-corrected chi connectivity index (χ4v) is 3.03. The van der Waals surface area contributed by atoms with Gasteiger partial charge in [-0.25, -0.2) is 9.98 Å². The Morgan fingerprint density at radius 3 is 2.35 bits per heavy atom. The summed E-state index contributed by atoms with van der Waals surface area (Å²) >= 11 is 6.13. The Morgan fingerprint density at radius 2 is 1.73 bits per heavy atom. The van der Waals surface area contributed by atoms with E-state index in [0.717, 1.165) is 22.5 Å². The summed E-state index contributed by atoms with van der Waals surface area (Å²) in [5.41, 5.74) is 5.86. The second-order valence-electron chi connectivity index (χ2n) is 6.13. The molecule has 6 nitrogen and oxygen atoms in total. The normalized spacial score (nSPS) is 16.0. The van der Waals surface area contributed by atoms with Gasteiger partial charge in [-0.1, -0.05) is 17.7 Å². The van der Waals surface area contributed by atoms with Crippen molar-refractivity contribution in [1.29, 1.82) is 5.26 Å². The number of benzene rings is 2. The SMILES string of the molecule is Cc1cc(C)c(NC2N=C(Cl)NC(Nc3ccc(C#N)cc3)=N2)c(C)c1. The highest BCUT2D eigenvalue weighted by molar-refractivity contribution is 6.66. The molecule has 0 saturated heterocycles. The highest BCUT2D eigenvalue weighted by atomic mass is 35.5. The zero-order valence-electron chi connectivity index (χ0n) is 14.8. The number of anilines is 2. The van der Waals surface area contributed by atoms with Gasteiger partial charge < -0.3 is 16.0 Å². The molecular weight excluding hydrogens is 348 g/mol. The summed E-state index contributed by atoms with van der Waals surface area (Å²) in [6.45, 7) is 6.17. The molecule has 3 N–H and O–H groups in total. The number of amidine groups is 1. The maximum absolute atomic E-state index is 8.87. The lowest BCUT2D eigenvalue weighted by Gasteiger charge is -2.22. The predicted molar refractivity (Wildman–Crippen MR) is 107 cm³/mol. The van der Waals surface area contributed by atoms with Gasteiger partial charge in [0.15, 0.2) is 0 Å². The van der Waals surface area contributed by atoms with Crippen LogP contribution in [0.2, 0.25) is 0 Å². The van der Waals surface area contributed by atoms with Gasteiger partial charge in [-0.2, -0.15) is 5.26 Å². The van der Waals surface area contributed by atoms with Gasteiger partial charge in [0.25, 0.3) is 0 Å². The van der Waals surface area contributed by atoms with Crippen molar-refractivity contribution in [2.75, 3.05) is 10.6 Å². The van der Waals surface area contributed by atoms with E-state index in [1.807, 2.05) is 13.8 Å². The van der Waals surface area contributed by atoms with Crippen LogP contribution in [0.1, 0.15) is 22.3 Å². The summed E-state index contributed by atoms with van der Waals surface area (Å²) in [5.74, 6) is 0.481. The van der Waals surface area contributed by atoms with Crippen LogP contribution < -0.4 is 16.0 Å². The quantitative estimate of drug-likeness (QED) is 0.720. The topological polar surface area (TPSA) is 84.6 Å². The van der Waals surface area contributed by atoms with Gasteiger partial charge in [0.05, 0.1) is 11.6 Å². The molecule has 1 unspecified atom stereocenters. The zero-order chi connectivity index (χ0) is 18.7. The fourth-order valence-electron chi connectivity index (χ4n) is 2.85. The minimum absolute atomic E-state index is 0.246. The molecule has 1 aliphatic rings. The fraction of sp³-hybridized carbons (Fsp3) is 0.211. The van der Waals surface area contributed by atoms with Crippen molar-refractivity contribution in [3.63, 3.8) is 0 Å². The molecule has 132 valence electrons. The molecule has 0 fully saturated rings. The van der Waals surface area contributed by atoms with Gasteiger partial charge in [-0.05, 0) is 67.8 Å². The third-order valence-electron chi connectivity index (χ3n) is 3.94. The van der Waals surface area contributed by atoms with Crippen LogP contribution in [0.15, 0.2) is 46.4 Å². The highest BCUT2D eigenvalue weighted by Gasteiger charge is 2.17. The number of halogens is 1. The molecule has 0 radical (unpaired) electrons. The lowest BCUT2D eigenvalue weighted by atomic mass is 10.1. The average Bonchev–Trinajstić information content (AvgIpc) is 2.58. The molecule has 1 heterocycles. The number of hydrogen-bond acceptors (Lipinski definition) is 6. The first-order valence-corrected chi connectivity index (χ1v) is 8.52. The van der Waals surface area contributed by atoms with Crippen molar-refractivity contribution < 1.29 is 0 Å². The molecule has 0 aromatic heterocycles. The van der Waals surface area contributed by atoms with E-state index in [9.17, 15) is 0 Å². The first-order chi connectivity index (χ1) is 12.4. The molecule has 7 heteroatoms. The Labute approximate surface area is 157 Å². The van der Waals surface area contributed by atoms with Gasteiger partial charge in [0.2, 0.25) is 17.5 Å². The second-order valence-corrected chi connectivity index (χ2v) is 6.49. The van der Waals surface area contributed by atoms with Crippen molar-refractivity contribution in [3.8, 4) is 6.07 Å². The molecule has 26 heavy (non-hydrogen) atoms. The van der Waals surface area contributed by atoms with Crippen LogP contribution in [-0.2, 0) is 0 Å². The first-order valence-electron chi connectivity index (χ1n) is 8.14. The van der Waals surface area contributed by atoms with Gasteiger partial charge in [-0.15, -0.1) is 0 Å². The van der Waals surface area contributed by atoms with E-state index in [2.05, 4.69) is 51.1 Å². The number of nitriles is 1. The Bertz CT molecular complexity index is 901. The van der Waals surface area contributed by atoms with Crippen LogP contribution in [0.4, 0.5) is 11.4 Å². The number of nitrogens with zero attached hydrogens (tertiary/aromatic N) is 3. The number of guanidine groups is 1. The summed E-state index contributed by atoms with van der Waals surface area (Å²) in [6.07, 6.45) is -0.537. The third kappa shape index (κ3) is 4.13. The van der Waals surface area contributed by atoms with E-state index in [4.69, 9.17) is 16.9 Å². The van der Waals surface area contributed by atoms with Crippen molar-refractivity contribution in [1.82, 2.24) is 5.32 Å². The highest BCUT2D eigenvalue weighted by Crippen LogP contribution is 2.23. The van der Waals surface area contributed by atoms with Gasteiger partial charge in [0.1, 0.15) is 0 Å². The van der Waals surface area contributed by atoms with E-state index in [1.54, 1.807) is 24.3 Å². The summed E-state index contributed by atoms with van der Waals surface area (Å²) in [5, 5.41) is 18.5. The van der Waals surface area contributed by atoms with E-state index in [0.29, 0.717) is 11.5 Å². The number of rotatable bonds is 3. The van der Waals surface area contributed by atoms with Gasteiger partial charge in [0, 0.05) is 11.4 Å². The molecule has 3 rings (SSSR count). The standard InChI is InChI=1S/C19H19ClN6/c1-11-8-12(2)16(13(3)9-11)23-19-25-17(20)24-18(26-19)22-15-6-4-14(10-21)5-7-15/h4-9,19,23H,1-3H3,(H2,22,24,25,26). The number of aryl methyl sites for hydroxylation is 3. The first kappa shape index (κ1) is 17.8. The Balaban J connectivity index is 1.79. The minimum atomic E-state index is -0.537. The molecule has 0 aliphatic carbocycles. The van der Waals surface area contributed by atoms with Crippen LogP contribution in [0.3, 0.4) is 0 Å². The van der Waals surface area contributed by atoms with Gasteiger partial charge >= 0.3 is 0 Å². The molecule has 1 aliphatic heterocycles. The van der Waals surface area contributed by atoms with E-state index in [1.165, 1.54) is 5.56 Å². The zero-order valence-corrected chi connectivity index (χ0v) is 15.5. The molecular formula is C19H19ClN6. The Hall–Kier alpha value is -3.04. The summed E-state index contributed by atoms with van der Waals surface area (Å²) in [6, 6.07) is 13.4. The van der Waals surface area contributed by atoms with Crippen molar-refractivity contribution in [3.05, 3.63) is 58.7 Å². The molecule has 2 aromatic rings. The maximum atomic E-state index is 8.87. The van der Waals surface area contributed by atoms with Crippen LogP contribution >= 0.6 is 11.6 Å². The predicted octanol–water partition coefficient (Wildman–Crippen LogP) is 3.85. The van der Waals surface area contributed by atoms with Gasteiger partial charge in [-0.3, -0.25) is 0 Å². The largest absolute Gasteiger partial charge is 0.345 e. The third-order valence-corrected chi connectivity index (χ3v) is 4.13. The van der Waals surface area contributed by atoms with Crippen molar-refractivity contribution >= 4 is 34.2 Å². The Kier molecular flexibility index (Phi) is 5.10. The molecule has 0 amide bonds. The maximum Gasteiger partial charge on any atom is 0.220 e. The number of aliphatic imine (C=N–C) groups is 2. The summed E-state index contributed by atoms with van der Waals surface area (Å²) in [7, 11) is 0. The van der Waals surface area contributed by atoms with Crippen molar-refractivity contribution in [2.24, 2.45) is 9.98 Å². The number of nitrogens with one attached hydrogen (secondary N) is 3. The van der Waals surface area contributed by atoms with Crippen LogP contribution in [0, 0.1) is 32.1 Å². The second kappa shape index (κ2) is 7.46. The molecule has 0 saturated carbocycles. The smallest absolute Gasteiger partial charge is 0.220 e. The molecule has 0 spiro atoms. The van der Waals surface area contributed by atoms with Crippen LogP contribution in [0.25, 0.3) is 0 Å². The monoisotopic (exact) mass is 366 g/mol. The lowest BCUT2D eigenvalue weighted by Crippen LogP contribution is -2.40. The van der Waals surface area contributed by atoms with Crippen LogP contribution in [-0.4, -0.2) is 17.5 Å². The summed E-state index contributed by atoms with van der Waals surface area (Å²) in [4.78, 5) is 8.81. The lowest BCUT2D eigenvalue weighted by molar-refractivity contribution is 0.787. The summed E-state index contributed by atoms with van der Waals surface area (Å²) < 4.78 is 0. The Morgan fingerprint density at radius 1 is 1.08 bits per heavy atom. The van der Waals surface area contributed by atoms with E-state index >= 15 is 0 Å². The van der Waals surface area contributed by atoms with E-state index in [-0.39, 0.29) is 5.29 Å². The minimum Gasteiger partial charge on any atom is -0.345 e. The molecule has 2 aromatic carbocycles. The molecule has 0 bridgehead atoms.